The molecule has 4 rings (SSSR count). The summed E-state index contributed by atoms with van der Waals surface area (Å²) in [6.45, 7) is 2.55. The van der Waals surface area contributed by atoms with Gasteiger partial charge in [-0.1, -0.05) is 42.1 Å². The molecule has 0 aliphatic heterocycles. The molecule has 0 bridgehead atoms. The first kappa shape index (κ1) is 19.0. The van der Waals surface area contributed by atoms with Crippen LogP contribution in [0.2, 0.25) is 0 Å². The summed E-state index contributed by atoms with van der Waals surface area (Å²) in [5.74, 6) is 0.934. The van der Waals surface area contributed by atoms with Crippen molar-refractivity contribution in [2.45, 2.75) is 11.9 Å². The van der Waals surface area contributed by atoms with Crippen molar-refractivity contribution in [1.82, 2.24) is 15.0 Å². The van der Waals surface area contributed by atoms with Crippen molar-refractivity contribution in [3.63, 3.8) is 0 Å². The number of nitrogens with one attached hydrogen (secondary N) is 2. The summed E-state index contributed by atoms with van der Waals surface area (Å²) < 4.78 is 5.41. The lowest BCUT2D eigenvalue weighted by Gasteiger charge is -2.07. The van der Waals surface area contributed by atoms with E-state index in [9.17, 15) is 4.79 Å². The molecule has 2 aromatic carbocycles. The van der Waals surface area contributed by atoms with E-state index in [0.29, 0.717) is 6.61 Å². The molecule has 0 saturated carbocycles. The van der Waals surface area contributed by atoms with E-state index in [1.54, 1.807) is 0 Å². The van der Waals surface area contributed by atoms with E-state index in [-0.39, 0.29) is 11.7 Å². The monoisotopic (exact) mass is 404 g/mol. The average Bonchev–Trinajstić information content (AvgIpc) is 3.19. The summed E-state index contributed by atoms with van der Waals surface area (Å²) in [6, 6.07) is 17.4. The smallest absolute Gasteiger partial charge is 0.234 e. The Balaban J connectivity index is 1.44. The highest BCUT2D eigenvalue weighted by Gasteiger charge is 2.13. The quantitative estimate of drug-likeness (QED) is 0.343. The SMILES string of the molecule is CCOc1ccc(NC(=O)CSc2ncnc3c(-c4ccccc4)c[nH]c23)cc1. The van der Waals surface area contributed by atoms with Crippen LogP contribution in [0.1, 0.15) is 6.92 Å². The first-order valence-electron chi connectivity index (χ1n) is 9.27. The Bertz CT molecular complexity index is 1110. The lowest BCUT2D eigenvalue weighted by atomic mass is 10.1. The maximum absolute atomic E-state index is 12.3. The van der Waals surface area contributed by atoms with Gasteiger partial charge in [-0.2, -0.15) is 0 Å². The lowest BCUT2D eigenvalue weighted by Crippen LogP contribution is -2.14. The summed E-state index contributed by atoms with van der Waals surface area (Å²) in [4.78, 5) is 24.4. The number of H-pyrrole nitrogens is 1. The predicted molar refractivity (Wildman–Crippen MR) is 116 cm³/mol. The number of carbonyl (C=O) groups excluding carboxylic acids is 1. The Morgan fingerprint density at radius 3 is 2.66 bits per heavy atom. The van der Waals surface area contributed by atoms with Gasteiger partial charge in [0.25, 0.3) is 0 Å². The van der Waals surface area contributed by atoms with E-state index in [0.717, 1.165) is 38.6 Å². The minimum atomic E-state index is -0.0965. The molecule has 2 heterocycles. The van der Waals surface area contributed by atoms with Crippen LogP contribution in [0.15, 0.2) is 72.1 Å². The molecule has 0 aliphatic carbocycles. The molecule has 0 radical (unpaired) electrons. The minimum Gasteiger partial charge on any atom is -0.494 e. The third-order valence-electron chi connectivity index (χ3n) is 4.30. The number of amides is 1. The van der Waals surface area contributed by atoms with E-state index >= 15 is 0 Å². The molecule has 1 amide bonds. The number of benzene rings is 2. The molecular weight excluding hydrogens is 384 g/mol. The first-order chi connectivity index (χ1) is 14.2. The average molecular weight is 404 g/mol. The van der Waals surface area contributed by atoms with Gasteiger partial charge in [-0.25, -0.2) is 9.97 Å². The summed E-state index contributed by atoms with van der Waals surface area (Å²) in [5.41, 5.74) is 4.52. The lowest BCUT2D eigenvalue weighted by molar-refractivity contribution is -0.113. The molecule has 2 N–H and O–H groups in total. The Morgan fingerprint density at radius 1 is 1.10 bits per heavy atom. The third-order valence-corrected chi connectivity index (χ3v) is 5.29. The van der Waals surface area contributed by atoms with Crippen LogP contribution in [0, 0.1) is 0 Å². The second kappa shape index (κ2) is 8.79. The Hall–Kier alpha value is -3.32. The van der Waals surface area contributed by atoms with E-state index in [1.807, 2.05) is 67.7 Å². The highest BCUT2D eigenvalue weighted by Crippen LogP contribution is 2.31. The maximum atomic E-state index is 12.3. The summed E-state index contributed by atoms with van der Waals surface area (Å²) in [6.07, 6.45) is 3.47. The molecular formula is C22H20N4O2S. The molecule has 6 nitrogen and oxygen atoms in total. The zero-order chi connectivity index (χ0) is 20.1. The van der Waals surface area contributed by atoms with Gasteiger partial charge in [0.2, 0.25) is 5.91 Å². The molecule has 29 heavy (non-hydrogen) atoms. The van der Waals surface area contributed by atoms with Gasteiger partial charge < -0.3 is 15.0 Å². The summed E-state index contributed by atoms with van der Waals surface area (Å²) >= 11 is 1.38. The number of hydrogen-bond donors (Lipinski definition) is 2. The first-order valence-corrected chi connectivity index (χ1v) is 10.3. The van der Waals surface area contributed by atoms with Crippen molar-refractivity contribution in [3.8, 4) is 16.9 Å². The van der Waals surface area contributed by atoms with E-state index in [4.69, 9.17) is 4.74 Å². The van der Waals surface area contributed by atoms with Gasteiger partial charge in [-0.05, 0) is 36.8 Å². The second-order valence-corrected chi connectivity index (χ2v) is 7.23. The van der Waals surface area contributed by atoms with Gasteiger partial charge in [0.05, 0.1) is 17.9 Å². The van der Waals surface area contributed by atoms with Crippen molar-refractivity contribution >= 4 is 34.4 Å². The van der Waals surface area contributed by atoms with Crippen LogP contribution in [0.3, 0.4) is 0 Å². The van der Waals surface area contributed by atoms with Crippen molar-refractivity contribution in [2.75, 3.05) is 17.7 Å². The van der Waals surface area contributed by atoms with Crippen LogP contribution in [-0.2, 0) is 4.79 Å². The number of nitrogens with zero attached hydrogens (tertiary/aromatic N) is 2. The van der Waals surface area contributed by atoms with E-state index < -0.39 is 0 Å². The number of rotatable bonds is 7. The number of fused-ring (bicyclic) bond motifs is 1. The van der Waals surface area contributed by atoms with E-state index in [1.165, 1.54) is 18.1 Å². The van der Waals surface area contributed by atoms with Gasteiger partial charge in [0.1, 0.15) is 22.6 Å². The standard InChI is InChI=1S/C22H20N4O2S/c1-2-28-17-10-8-16(9-11-17)26-19(27)13-29-22-21-20(24-14-25-22)18(12-23-21)15-6-4-3-5-7-15/h3-12,14,23H,2,13H2,1H3,(H,26,27). The number of aromatic amines is 1. The van der Waals surface area contributed by atoms with Crippen LogP contribution < -0.4 is 10.1 Å². The van der Waals surface area contributed by atoms with Crippen molar-refractivity contribution in [1.29, 1.82) is 0 Å². The normalized spacial score (nSPS) is 10.8. The van der Waals surface area contributed by atoms with Crippen LogP contribution >= 0.6 is 11.8 Å². The van der Waals surface area contributed by atoms with Crippen LogP contribution in [0.25, 0.3) is 22.2 Å². The van der Waals surface area contributed by atoms with E-state index in [2.05, 4.69) is 20.3 Å². The Morgan fingerprint density at radius 2 is 1.90 bits per heavy atom. The van der Waals surface area contributed by atoms with Gasteiger partial charge in [-0.3, -0.25) is 4.79 Å². The number of aromatic nitrogens is 3. The van der Waals surface area contributed by atoms with Gasteiger partial charge in [0.15, 0.2) is 0 Å². The zero-order valence-electron chi connectivity index (χ0n) is 15.9. The van der Waals surface area contributed by atoms with Crippen molar-refractivity contribution in [3.05, 3.63) is 67.1 Å². The molecule has 0 atom stereocenters. The van der Waals surface area contributed by atoms with Gasteiger partial charge in [-0.15, -0.1) is 0 Å². The Labute approximate surface area is 172 Å². The fraction of sp³-hybridized carbons (Fsp3) is 0.136. The van der Waals surface area contributed by atoms with Crippen LogP contribution in [0.4, 0.5) is 5.69 Å². The molecule has 0 unspecified atom stereocenters. The van der Waals surface area contributed by atoms with Crippen molar-refractivity contribution < 1.29 is 9.53 Å². The molecule has 0 aliphatic rings. The number of anilines is 1. The van der Waals surface area contributed by atoms with Crippen molar-refractivity contribution in [2.24, 2.45) is 0 Å². The molecule has 0 saturated heterocycles. The fourth-order valence-electron chi connectivity index (χ4n) is 3.00. The van der Waals surface area contributed by atoms with Gasteiger partial charge in [0, 0.05) is 17.4 Å². The third kappa shape index (κ3) is 4.41. The number of thioether (sulfide) groups is 1. The minimum absolute atomic E-state index is 0.0965. The largest absolute Gasteiger partial charge is 0.494 e. The van der Waals surface area contributed by atoms with Crippen LogP contribution in [-0.4, -0.2) is 33.2 Å². The molecule has 7 heteroatoms. The number of ether oxygens (including phenoxy) is 1. The fourth-order valence-corrected chi connectivity index (χ4v) is 3.76. The van der Waals surface area contributed by atoms with Crippen LogP contribution in [0.5, 0.6) is 5.75 Å². The van der Waals surface area contributed by atoms with Gasteiger partial charge >= 0.3 is 0 Å². The highest BCUT2D eigenvalue weighted by molar-refractivity contribution is 8.00. The molecule has 0 spiro atoms. The second-order valence-electron chi connectivity index (χ2n) is 6.27. The highest BCUT2D eigenvalue weighted by atomic mass is 32.2. The maximum Gasteiger partial charge on any atom is 0.234 e. The summed E-state index contributed by atoms with van der Waals surface area (Å²) in [7, 11) is 0. The number of carbonyl (C=O) groups is 1. The zero-order valence-corrected chi connectivity index (χ0v) is 16.7. The Kier molecular flexibility index (Phi) is 5.76. The molecule has 2 aromatic heterocycles. The summed E-state index contributed by atoms with van der Waals surface area (Å²) in [5, 5.41) is 3.64. The number of hydrogen-bond acceptors (Lipinski definition) is 5. The predicted octanol–water partition coefficient (Wildman–Crippen LogP) is 4.75. The molecule has 0 fully saturated rings. The molecule has 146 valence electrons. The topological polar surface area (TPSA) is 79.9 Å². The molecule has 4 aromatic rings.